The Bertz CT molecular complexity index is 216. The smallest absolute Gasteiger partial charge is 0.223 e. The first-order valence-corrected chi connectivity index (χ1v) is 6.00. The molecule has 88 valence electrons. The standard InChI is InChI=1S/C12H24N2O/c1-9(2)14(4)7-5-6-13-12(15)11-8-10(11)3/h9-11H,5-8H2,1-4H3,(H,13,15). The molecule has 1 aliphatic carbocycles. The van der Waals surface area contributed by atoms with E-state index in [1.807, 2.05) is 0 Å². The molecule has 1 rings (SSSR count). The van der Waals surface area contributed by atoms with E-state index in [4.69, 9.17) is 0 Å². The highest BCUT2D eigenvalue weighted by Gasteiger charge is 2.38. The molecule has 0 aromatic heterocycles. The Morgan fingerprint density at radius 3 is 2.60 bits per heavy atom. The van der Waals surface area contributed by atoms with Gasteiger partial charge in [0.25, 0.3) is 0 Å². The normalized spacial score (nSPS) is 24.7. The van der Waals surface area contributed by atoms with Crippen LogP contribution in [-0.4, -0.2) is 37.0 Å². The molecule has 2 atom stereocenters. The van der Waals surface area contributed by atoms with Crippen LogP contribution in [0.25, 0.3) is 0 Å². The highest BCUT2D eigenvalue weighted by Crippen LogP contribution is 2.37. The number of amides is 1. The van der Waals surface area contributed by atoms with Gasteiger partial charge in [-0.2, -0.15) is 0 Å². The van der Waals surface area contributed by atoms with E-state index in [0.29, 0.717) is 17.9 Å². The summed E-state index contributed by atoms with van der Waals surface area (Å²) in [5.74, 6) is 1.19. The second-order valence-corrected chi connectivity index (χ2v) is 5.04. The van der Waals surface area contributed by atoms with Crippen molar-refractivity contribution in [2.75, 3.05) is 20.1 Å². The van der Waals surface area contributed by atoms with E-state index >= 15 is 0 Å². The average molecular weight is 212 g/mol. The number of rotatable bonds is 6. The number of carbonyl (C=O) groups excluding carboxylic acids is 1. The molecule has 15 heavy (non-hydrogen) atoms. The fourth-order valence-electron chi connectivity index (χ4n) is 1.62. The molecule has 1 saturated carbocycles. The van der Waals surface area contributed by atoms with Gasteiger partial charge in [0.15, 0.2) is 0 Å². The largest absolute Gasteiger partial charge is 0.356 e. The van der Waals surface area contributed by atoms with E-state index in [0.717, 1.165) is 25.9 Å². The summed E-state index contributed by atoms with van der Waals surface area (Å²) in [6, 6.07) is 0.587. The van der Waals surface area contributed by atoms with Gasteiger partial charge in [-0.25, -0.2) is 0 Å². The van der Waals surface area contributed by atoms with Crippen LogP contribution >= 0.6 is 0 Å². The topological polar surface area (TPSA) is 32.3 Å². The zero-order valence-electron chi connectivity index (χ0n) is 10.4. The minimum atomic E-state index is 0.259. The van der Waals surface area contributed by atoms with Gasteiger partial charge in [-0.15, -0.1) is 0 Å². The van der Waals surface area contributed by atoms with Crippen LogP contribution in [0.5, 0.6) is 0 Å². The van der Waals surface area contributed by atoms with Gasteiger partial charge in [-0.1, -0.05) is 6.92 Å². The number of hydrogen-bond acceptors (Lipinski definition) is 2. The molecule has 1 fully saturated rings. The van der Waals surface area contributed by atoms with Gasteiger partial charge >= 0.3 is 0 Å². The summed E-state index contributed by atoms with van der Waals surface area (Å²) in [4.78, 5) is 13.8. The zero-order chi connectivity index (χ0) is 11.4. The van der Waals surface area contributed by atoms with E-state index in [9.17, 15) is 4.79 Å². The van der Waals surface area contributed by atoms with Crippen molar-refractivity contribution in [3.8, 4) is 0 Å². The third-order valence-electron chi connectivity index (χ3n) is 3.31. The third-order valence-corrected chi connectivity index (χ3v) is 3.31. The second-order valence-electron chi connectivity index (χ2n) is 5.04. The Kier molecular flexibility index (Phi) is 4.58. The lowest BCUT2D eigenvalue weighted by molar-refractivity contribution is -0.122. The summed E-state index contributed by atoms with van der Waals surface area (Å²) in [6.45, 7) is 8.38. The molecule has 0 saturated heterocycles. The molecular weight excluding hydrogens is 188 g/mol. The van der Waals surface area contributed by atoms with E-state index in [2.05, 4.69) is 38.0 Å². The van der Waals surface area contributed by atoms with Crippen molar-refractivity contribution in [1.29, 1.82) is 0 Å². The van der Waals surface area contributed by atoms with Crippen molar-refractivity contribution in [3.63, 3.8) is 0 Å². The predicted molar refractivity (Wildman–Crippen MR) is 62.7 cm³/mol. The summed E-state index contributed by atoms with van der Waals surface area (Å²) < 4.78 is 0. The number of nitrogens with zero attached hydrogens (tertiary/aromatic N) is 1. The van der Waals surface area contributed by atoms with Crippen molar-refractivity contribution in [2.45, 2.75) is 39.7 Å². The van der Waals surface area contributed by atoms with Crippen LogP contribution in [0.3, 0.4) is 0 Å². The van der Waals surface area contributed by atoms with Crippen LogP contribution in [0.2, 0.25) is 0 Å². The van der Waals surface area contributed by atoms with Gasteiger partial charge in [-0.3, -0.25) is 4.79 Å². The van der Waals surface area contributed by atoms with Gasteiger partial charge in [-0.05, 0) is 46.2 Å². The van der Waals surface area contributed by atoms with E-state index in [-0.39, 0.29) is 5.91 Å². The molecule has 0 heterocycles. The Morgan fingerprint density at radius 1 is 1.53 bits per heavy atom. The molecule has 0 radical (unpaired) electrons. The van der Waals surface area contributed by atoms with Crippen molar-refractivity contribution in [3.05, 3.63) is 0 Å². The Balaban J connectivity index is 1.99. The highest BCUT2D eigenvalue weighted by atomic mass is 16.2. The Labute approximate surface area is 93.2 Å². The van der Waals surface area contributed by atoms with Gasteiger partial charge in [0.05, 0.1) is 0 Å². The van der Waals surface area contributed by atoms with Gasteiger partial charge in [0, 0.05) is 18.5 Å². The minimum Gasteiger partial charge on any atom is -0.356 e. The van der Waals surface area contributed by atoms with Gasteiger partial charge in [0.1, 0.15) is 0 Å². The average Bonchev–Trinajstić information content (AvgIpc) is 2.89. The fourth-order valence-corrected chi connectivity index (χ4v) is 1.62. The van der Waals surface area contributed by atoms with Crippen molar-refractivity contribution in [1.82, 2.24) is 10.2 Å². The molecule has 0 aromatic rings. The molecule has 1 N–H and O–H groups in total. The highest BCUT2D eigenvalue weighted by molar-refractivity contribution is 5.81. The van der Waals surface area contributed by atoms with Crippen LogP contribution < -0.4 is 5.32 Å². The molecule has 0 aliphatic heterocycles. The third kappa shape index (κ3) is 4.20. The van der Waals surface area contributed by atoms with E-state index < -0.39 is 0 Å². The summed E-state index contributed by atoms with van der Waals surface area (Å²) >= 11 is 0. The van der Waals surface area contributed by atoms with Gasteiger partial charge in [0.2, 0.25) is 5.91 Å². The Hall–Kier alpha value is -0.570. The Morgan fingerprint density at radius 2 is 2.13 bits per heavy atom. The molecule has 3 heteroatoms. The molecule has 1 aliphatic rings. The summed E-state index contributed by atoms with van der Waals surface area (Å²) in [6.07, 6.45) is 2.12. The maximum Gasteiger partial charge on any atom is 0.223 e. The molecule has 3 nitrogen and oxygen atoms in total. The van der Waals surface area contributed by atoms with Crippen molar-refractivity contribution >= 4 is 5.91 Å². The van der Waals surface area contributed by atoms with Gasteiger partial charge < -0.3 is 10.2 Å². The number of carbonyl (C=O) groups is 1. The summed E-state index contributed by atoms with van der Waals surface area (Å²) in [5, 5.41) is 3.00. The SMILES string of the molecule is CC1CC1C(=O)NCCCN(C)C(C)C. The molecule has 0 spiro atoms. The first kappa shape index (κ1) is 12.5. The fraction of sp³-hybridized carbons (Fsp3) is 0.917. The number of hydrogen-bond donors (Lipinski definition) is 1. The lowest BCUT2D eigenvalue weighted by atomic mass is 10.3. The quantitative estimate of drug-likeness (QED) is 0.677. The van der Waals surface area contributed by atoms with Crippen LogP contribution in [0, 0.1) is 11.8 Å². The molecule has 0 aromatic carbocycles. The number of nitrogens with one attached hydrogen (secondary N) is 1. The summed E-state index contributed by atoms with van der Waals surface area (Å²) in [7, 11) is 2.12. The van der Waals surface area contributed by atoms with Crippen LogP contribution in [-0.2, 0) is 4.79 Å². The molecule has 0 bridgehead atoms. The minimum absolute atomic E-state index is 0.259. The van der Waals surface area contributed by atoms with E-state index in [1.165, 1.54) is 0 Å². The van der Waals surface area contributed by atoms with Crippen LogP contribution in [0.15, 0.2) is 0 Å². The van der Waals surface area contributed by atoms with Crippen LogP contribution in [0.1, 0.15) is 33.6 Å². The van der Waals surface area contributed by atoms with E-state index in [1.54, 1.807) is 0 Å². The van der Waals surface area contributed by atoms with Crippen molar-refractivity contribution < 1.29 is 4.79 Å². The molecule has 2 unspecified atom stereocenters. The predicted octanol–water partition coefficient (Wildman–Crippen LogP) is 1.49. The lowest BCUT2D eigenvalue weighted by Gasteiger charge is -2.20. The first-order chi connectivity index (χ1) is 7.02. The zero-order valence-corrected chi connectivity index (χ0v) is 10.4. The molecular formula is C12H24N2O. The maximum absolute atomic E-state index is 11.5. The lowest BCUT2D eigenvalue weighted by Crippen LogP contribution is -2.32. The molecule has 1 amide bonds. The van der Waals surface area contributed by atoms with Crippen LogP contribution in [0.4, 0.5) is 0 Å². The monoisotopic (exact) mass is 212 g/mol. The first-order valence-electron chi connectivity index (χ1n) is 6.00. The second kappa shape index (κ2) is 5.50. The maximum atomic E-state index is 11.5. The summed E-state index contributed by atoms with van der Waals surface area (Å²) in [5.41, 5.74) is 0. The van der Waals surface area contributed by atoms with Crippen molar-refractivity contribution in [2.24, 2.45) is 11.8 Å².